The fourth-order valence-corrected chi connectivity index (χ4v) is 5.32. The molecule has 1 N–H and O–H groups in total. The minimum atomic E-state index is -0.180. The van der Waals surface area contributed by atoms with Gasteiger partial charge < -0.3 is 14.6 Å². The van der Waals surface area contributed by atoms with Crippen LogP contribution >= 0.6 is 0 Å². The molecule has 4 aromatic rings. The second kappa shape index (κ2) is 7.55. The van der Waals surface area contributed by atoms with Crippen LogP contribution in [-0.2, 0) is 6.54 Å². The van der Waals surface area contributed by atoms with Crippen molar-refractivity contribution in [3.63, 3.8) is 0 Å². The summed E-state index contributed by atoms with van der Waals surface area (Å²) in [5.74, 6) is 0.0813. The van der Waals surface area contributed by atoms with Crippen LogP contribution in [0.3, 0.4) is 0 Å². The Morgan fingerprint density at radius 2 is 1.85 bits per heavy atom. The van der Waals surface area contributed by atoms with Gasteiger partial charge in [-0.3, -0.25) is 19.6 Å². The lowest BCUT2D eigenvalue weighted by Gasteiger charge is -2.43. The van der Waals surface area contributed by atoms with Crippen LogP contribution in [0.4, 0.5) is 0 Å². The van der Waals surface area contributed by atoms with E-state index in [1.807, 2.05) is 27.7 Å². The number of nitrogens with zero attached hydrogens (tertiary/aromatic N) is 4. The molecule has 6 rings (SSSR count). The van der Waals surface area contributed by atoms with E-state index in [2.05, 4.69) is 16.0 Å². The molecule has 3 aromatic heterocycles. The fourth-order valence-electron chi connectivity index (χ4n) is 5.32. The van der Waals surface area contributed by atoms with Crippen molar-refractivity contribution in [1.82, 2.24) is 19.4 Å². The van der Waals surface area contributed by atoms with Crippen LogP contribution in [0.15, 0.2) is 72.0 Å². The maximum atomic E-state index is 13.4. The minimum absolute atomic E-state index is 0.00823. The number of aromatic hydroxyl groups is 1. The van der Waals surface area contributed by atoms with E-state index in [0.29, 0.717) is 30.6 Å². The summed E-state index contributed by atoms with van der Waals surface area (Å²) in [5.41, 5.74) is 3.00. The van der Waals surface area contributed by atoms with E-state index in [9.17, 15) is 14.7 Å². The smallest absolute Gasteiger partial charge is 0.257 e. The molecule has 5 heterocycles. The van der Waals surface area contributed by atoms with Gasteiger partial charge in [0.05, 0.1) is 5.56 Å². The molecule has 7 heteroatoms. The summed E-state index contributed by atoms with van der Waals surface area (Å²) < 4.78 is 1.86. The van der Waals surface area contributed by atoms with Crippen LogP contribution < -0.4 is 5.56 Å². The number of piperidine rings is 1. The van der Waals surface area contributed by atoms with Crippen LogP contribution in [-0.4, -0.2) is 43.5 Å². The monoisotopic (exact) mass is 438 g/mol. The number of hydrogen-bond donors (Lipinski definition) is 1. The SMILES string of the molecule is O=C(c1ccc2cnccc2c1O)N1C[C@@H]2C[C@H](C1)c1cc(-c3cccnc3)cc(=O)n1C2. The molecule has 1 fully saturated rings. The van der Waals surface area contributed by atoms with Gasteiger partial charge in [0.1, 0.15) is 5.75 Å². The van der Waals surface area contributed by atoms with E-state index >= 15 is 0 Å². The molecule has 1 saturated heterocycles. The summed E-state index contributed by atoms with van der Waals surface area (Å²) in [4.78, 5) is 36.4. The molecule has 7 nitrogen and oxygen atoms in total. The average Bonchev–Trinajstić information content (AvgIpc) is 2.85. The third-order valence-electron chi connectivity index (χ3n) is 6.86. The molecule has 2 aliphatic heterocycles. The maximum absolute atomic E-state index is 13.4. The van der Waals surface area contributed by atoms with E-state index in [4.69, 9.17) is 0 Å². The average molecular weight is 438 g/mol. The molecular weight excluding hydrogens is 416 g/mol. The zero-order chi connectivity index (χ0) is 22.5. The molecule has 1 aromatic carbocycles. The molecule has 0 saturated carbocycles. The second-order valence-electron chi connectivity index (χ2n) is 8.93. The Labute approximate surface area is 190 Å². The molecule has 2 atom stereocenters. The van der Waals surface area contributed by atoms with E-state index in [1.165, 1.54) is 0 Å². The highest BCUT2D eigenvalue weighted by atomic mass is 16.3. The number of phenols is 1. The number of carbonyl (C=O) groups excluding carboxylic acids is 1. The zero-order valence-electron chi connectivity index (χ0n) is 17.9. The Bertz CT molecular complexity index is 1450. The van der Waals surface area contributed by atoms with Gasteiger partial charge in [0.15, 0.2) is 0 Å². The molecule has 0 radical (unpaired) electrons. The third kappa shape index (κ3) is 3.28. The van der Waals surface area contributed by atoms with Gasteiger partial charge in [-0.05, 0) is 42.2 Å². The topological polar surface area (TPSA) is 88.3 Å². The van der Waals surface area contributed by atoms with Crippen LogP contribution in [0.2, 0.25) is 0 Å². The van der Waals surface area contributed by atoms with Gasteiger partial charge in [-0.25, -0.2) is 0 Å². The number of likely N-dealkylation sites (tertiary alicyclic amines) is 1. The Balaban J connectivity index is 1.35. The predicted molar refractivity (Wildman–Crippen MR) is 124 cm³/mol. The molecule has 1 amide bonds. The second-order valence-corrected chi connectivity index (χ2v) is 8.93. The first-order valence-electron chi connectivity index (χ1n) is 11.1. The van der Waals surface area contributed by atoms with Crippen molar-refractivity contribution >= 4 is 16.7 Å². The molecule has 2 aliphatic rings. The summed E-state index contributed by atoms with van der Waals surface area (Å²) in [5, 5.41) is 12.2. The lowest BCUT2D eigenvalue weighted by Crippen LogP contribution is -2.49. The number of aromatic nitrogens is 3. The summed E-state index contributed by atoms with van der Waals surface area (Å²) >= 11 is 0. The number of phenolic OH excluding ortho intramolecular Hbond substituents is 1. The van der Waals surface area contributed by atoms with Crippen LogP contribution in [0.25, 0.3) is 21.9 Å². The standard InChI is InChI=1S/C26H22N4O3/c31-24-10-19(17-2-1-6-27-11-17)9-23-20-8-16(14-30(23)24)13-29(15-20)26(33)22-4-3-18-12-28-7-5-21(18)25(22)32/h1-7,9-12,16,20,32H,8,13-15H2/t16-,20+/m0/s1. The van der Waals surface area contributed by atoms with Gasteiger partial charge in [0.2, 0.25) is 0 Å². The number of hydrogen-bond acceptors (Lipinski definition) is 5. The quantitative estimate of drug-likeness (QED) is 0.518. The number of rotatable bonds is 2. The normalized spacial score (nSPS) is 19.3. The highest BCUT2D eigenvalue weighted by Crippen LogP contribution is 2.38. The minimum Gasteiger partial charge on any atom is -0.506 e. The Hall–Kier alpha value is -4.00. The molecular formula is C26H22N4O3. The van der Waals surface area contributed by atoms with Crippen molar-refractivity contribution in [3.05, 3.63) is 88.9 Å². The molecule has 0 spiro atoms. The Kier molecular flexibility index (Phi) is 4.50. The summed E-state index contributed by atoms with van der Waals surface area (Å²) in [6, 6.07) is 12.7. The number of carbonyl (C=O) groups is 1. The van der Waals surface area contributed by atoms with Gasteiger partial charge in [-0.15, -0.1) is 0 Å². The highest BCUT2D eigenvalue weighted by Gasteiger charge is 2.37. The van der Waals surface area contributed by atoms with E-state index in [1.54, 1.807) is 43.0 Å². The van der Waals surface area contributed by atoms with Gasteiger partial charge in [-0.1, -0.05) is 12.1 Å². The van der Waals surface area contributed by atoms with Crippen molar-refractivity contribution in [1.29, 1.82) is 0 Å². The molecule has 164 valence electrons. The van der Waals surface area contributed by atoms with Crippen molar-refractivity contribution in [3.8, 4) is 16.9 Å². The number of benzene rings is 1. The van der Waals surface area contributed by atoms with Crippen LogP contribution in [0, 0.1) is 5.92 Å². The fraction of sp³-hybridized carbons (Fsp3) is 0.231. The summed E-state index contributed by atoms with van der Waals surface area (Å²) in [7, 11) is 0. The molecule has 33 heavy (non-hydrogen) atoms. The van der Waals surface area contributed by atoms with E-state index < -0.39 is 0 Å². The first kappa shape index (κ1) is 19.7. The van der Waals surface area contributed by atoms with Crippen LogP contribution in [0.5, 0.6) is 5.75 Å². The largest absolute Gasteiger partial charge is 0.506 e. The Morgan fingerprint density at radius 1 is 0.970 bits per heavy atom. The zero-order valence-corrected chi connectivity index (χ0v) is 17.9. The number of pyridine rings is 3. The van der Waals surface area contributed by atoms with E-state index in [0.717, 1.165) is 28.6 Å². The Morgan fingerprint density at radius 3 is 2.70 bits per heavy atom. The summed E-state index contributed by atoms with van der Waals surface area (Å²) in [6.07, 6.45) is 7.68. The lowest BCUT2D eigenvalue weighted by atomic mass is 9.82. The first-order chi connectivity index (χ1) is 16.1. The van der Waals surface area contributed by atoms with Gasteiger partial charge in [0.25, 0.3) is 11.5 Å². The molecule has 2 bridgehead atoms. The van der Waals surface area contributed by atoms with Crippen molar-refractivity contribution < 1.29 is 9.90 Å². The summed E-state index contributed by atoms with van der Waals surface area (Å²) in [6.45, 7) is 1.68. The van der Waals surface area contributed by atoms with Gasteiger partial charge in [-0.2, -0.15) is 0 Å². The predicted octanol–water partition coefficient (Wildman–Crippen LogP) is 3.42. The van der Waals surface area contributed by atoms with Gasteiger partial charge >= 0.3 is 0 Å². The number of fused-ring (bicyclic) bond motifs is 5. The number of amides is 1. The molecule has 0 unspecified atom stereocenters. The van der Waals surface area contributed by atoms with Crippen molar-refractivity contribution in [2.24, 2.45) is 5.92 Å². The highest BCUT2D eigenvalue weighted by molar-refractivity contribution is 6.03. The first-order valence-corrected chi connectivity index (χ1v) is 11.1. The third-order valence-corrected chi connectivity index (χ3v) is 6.86. The lowest BCUT2D eigenvalue weighted by molar-refractivity contribution is 0.0592. The van der Waals surface area contributed by atoms with Gasteiger partial charge in [0, 0.05) is 78.4 Å². The molecule has 0 aliphatic carbocycles. The van der Waals surface area contributed by atoms with Crippen molar-refractivity contribution in [2.75, 3.05) is 13.1 Å². The maximum Gasteiger partial charge on any atom is 0.257 e. The van der Waals surface area contributed by atoms with Crippen molar-refractivity contribution in [2.45, 2.75) is 18.9 Å². The van der Waals surface area contributed by atoms with E-state index in [-0.39, 0.29) is 29.1 Å². The van der Waals surface area contributed by atoms with Crippen LogP contribution in [0.1, 0.15) is 28.4 Å².